The lowest BCUT2D eigenvalue weighted by molar-refractivity contribution is 0.131. The number of furan rings is 1. The fraction of sp³-hybridized carbons (Fsp3) is 0.667. The van der Waals surface area contributed by atoms with Gasteiger partial charge in [-0.3, -0.25) is 4.55 Å². The van der Waals surface area contributed by atoms with Gasteiger partial charge in [-0.1, -0.05) is 33.1 Å². The molecular formula is C12H20O5S. The summed E-state index contributed by atoms with van der Waals surface area (Å²) < 4.78 is 36.8. The smallest absolute Gasteiger partial charge is 0.298 e. The molecule has 0 saturated heterocycles. The second-order valence-electron chi connectivity index (χ2n) is 4.28. The quantitative estimate of drug-likeness (QED) is 0.590. The fourth-order valence-corrected chi connectivity index (χ4v) is 2.48. The average molecular weight is 276 g/mol. The van der Waals surface area contributed by atoms with E-state index in [0.29, 0.717) is 18.6 Å². The number of rotatable bonds is 7. The molecule has 0 aliphatic carbocycles. The molecule has 104 valence electrons. The van der Waals surface area contributed by atoms with Crippen LogP contribution in [-0.2, 0) is 16.5 Å². The van der Waals surface area contributed by atoms with E-state index in [2.05, 4.69) is 0 Å². The number of aliphatic hydroxyl groups excluding tert-OH is 1. The standard InChI is InChI=1S/C12H20O5S/c1-3-5-6-7-10(13)12-11(18(14,15)16)8-9(4-2)17-12/h8,10,13H,3-7H2,1-2H3,(H,14,15,16). The van der Waals surface area contributed by atoms with Crippen LogP contribution in [0.15, 0.2) is 15.4 Å². The third kappa shape index (κ3) is 3.83. The molecule has 18 heavy (non-hydrogen) atoms. The highest BCUT2D eigenvalue weighted by molar-refractivity contribution is 7.85. The minimum absolute atomic E-state index is 0.0505. The van der Waals surface area contributed by atoms with Gasteiger partial charge in [0.15, 0.2) is 5.76 Å². The van der Waals surface area contributed by atoms with Gasteiger partial charge < -0.3 is 9.52 Å². The molecule has 1 aromatic rings. The van der Waals surface area contributed by atoms with Gasteiger partial charge in [-0.25, -0.2) is 0 Å². The summed E-state index contributed by atoms with van der Waals surface area (Å²) in [5.74, 6) is 0.387. The molecule has 1 atom stereocenters. The van der Waals surface area contributed by atoms with E-state index >= 15 is 0 Å². The molecule has 0 fully saturated rings. The SMILES string of the molecule is CCCCCC(O)c1oc(CC)cc1S(=O)(=O)O. The van der Waals surface area contributed by atoms with E-state index in [4.69, 9.17) is 8.97 Å². The molecule has 0 radical (unpaired) electrons. The molecule has 0 aromatic carbocycles. The third-order valence-electron chi connectivity index (χ3n) is 2.79. The molecule has 1 heterocycles. The maximum atomic E-state index is 11.2. The minimum atomic E-state index is -4.35. The summed E-state index contributed by atoms with van der Waals surface area (Å²) >= 11 is 0. The van der Waals surface area contributed by atoms with Crippen LogP contribution in [0.2, 0.25) is 0 Å². The second kappa shape index (κ2) is 6.36. The Hall–Kier alpha value is -0.850. The van der Waals surface area contributed by atoms with Crippen LogP contribution in [-0.4, -0.2) is 18.1 Å². The summed E-state index contributed by atoms with van der Waals surface area (Å²) in [6, 6.07) is 1.27. The van der Waals surface area contributed by atoms with Crippen molar-refractivity contribution >= 4 is 10.1 Å². The molecule has 0 aliphatic heterocycles. The maximum absolute atomic E-state index is 11.2. The molecule has 0 saturated carbocycles. The van der Waals surface area contributed by atoms with E-state index in [0.717, 1.165) is 19.3 Å². The Morgan fingerprint density at radius 1 is 1.33 bits per heavy atom. The van der Waals surface area contributed by atoms with Crippen LogP contribution in [0.25, 0.3) is 0 Å². The first-order valence-electron chi connectivity index (χ1n) is 6.18. The molecule has 0 bridgehead atoms. The van der Waals surface area contributed by atoms with Gasteiger partial charge >= 0.3 is 0 Å². The highest BCUT2D eigenvalue weighted by Gasteiger charge is 2.25. The molecule has 0 amide bonds. The molecule has 1 rings (SSSR count). The molecule has 6 heteroatoms. The van der Waals surface area contributed by atoms with Crippen LogP contribution < -0.4 is 0 Å². The van der Waals surface area contributed by atoms with Crippen molar-refractivity contribution in [1.82, 2.24) is 0 Å². The van der Waals surface area contributed by atoms with E-state index in [1.54, 1.807) is 6.92 Å². The van der Waals surface area contributed by atoms with Crippen molar-refractivity contribution in [1.29, 1.82) is 0 Å². The lowest BCUT2D eigenvalue weighted by Crippen LogP contribution is -2.04. The number of hydrogen-bond donors (Lipinski definition) is 2. The van der Waals surface area contributed by atoms with Crippen LogP contribution in [0.1, 0.15) is 57.2 Å². The first-order chi connectivity index (χ1) is 8.40. The van der Waals surface area contributed by atoms with Gasteiger partial charge in [0, 0.05) is 12.5 Å². The molecule has 1 aromatic heterocycles. The van der Waals surface area contributed by atoms with Gasteiger partial charge in [0.25, 0.3) is 10.1 Å². The van der Waals surface area contributed by atoms with E-state index in [1.165, 1.54) is 6.07 Å². The molecule has 0 spiro atoms. The van der Waals surface area contributed by atoms with Crippen molar-refractivity contribution in [2.75, 3.05) is 0 Å². The topological polar surface area (TPSA) is 87.7 Å². The summed E-state index contributed by atoms with van der Waals surface area (Å²) in [5, 5.41) is 9.93. The van der Waals surface area contributed by atoms with Crippen LogP contribution in [0.5, 0.6) is 0 Å². The largest absolute Gasteiger partial charge is 0.462 e. The summed E-state index contributed by atoms with van der Waals surface area (Å²) in [6.07, 6.45) is 2.69. The predicted octanol–water partition coefficient (Wildman–Crippen LogP) is 2.70. The van der Waals surface area contributed by atoms with E-state index in [1.807, 2.05) is 6.92 Å². The average Bonchev–Trinajstić information content (AvgIpc) is 2.73. The van der Waals surface area contributed by atoms with Crippen molar-refractivity contribution in [2.24, 2.45) is 0 Å². The number of aryl methyl sites for hydroxylation is 1. The fourth-order valence-electron chi connectivity index (χ4n) is 1.77. The molecule has 1 unspecified atom stereocenters. The van der Waals surface area contributed by atoms with Crippen molar-refractivity contribution < 1.29 is 22.5 Å². The monoisotopic (exact) mass is 276 g/mol. The first kappa shape index (κ1) is 15.2. The van der Waals surface area contributed by atoms with Gasteiger partial charge in [-0.15, -0.1) is 0 Å². The lowest BCUT2D eigenvalue weighted by Gasteiger charge is -2.08. The Labute approximate surface area is 108 Å². The normalized spacial score (nSPS) is 13.8. The van der Waals surface area contributed by atoms with E-state index < -0.39 is 16.2 Å². The van der Waals surface area contributed by atoms with Crippen molar-refractivity contribution in [3.8, 4) is 0 Å². The molecule has 0 aliphatic rings. The second-order valence-corrected chi connectivity index (χ2v) is 5.67. The maximum Gasteiger partial charge on any atom is 0.298 e. The van der Waals surface area contributed by atoms with Gasteiger partial charge in [-0.2, -0.15) is 8.42 Å². The Morgan fingerprint density at radius 2 is 2.00 bits per heavy atom. The lowest BCUT2D eigenvalue weighted by atomic mass is 10.1. The van der Waals surface area contributed by atoms with Gasteiger partial charge in [-0.05, 0) is 6.42 Å². The Kier molecular flexibility index (Phi) is 5.37. The third-order valence-corrected chi connectivity index (χ3v) is 3.66. The Bertz CT molecular complexity index is 475. The highest BCUT2D eigenvalue weighted by atomic mass is 32.2. The van der Waals surface area contributed by atoms with E-state index in [9.17, 15) is 13.5 Å². The van der Waals surface area contributed by atoms with Crippen molar-refractivity contribution in [3.63, 3.8) is 0 Å². The zero-order valence-corrected chi connectivity index (χ0v) is 11.5. The summed E-state index contributed by atoms with van der Waals surface area (Å²) in [4.78, 5) is -0.316. The molecular weight excluding hydrogens is 256 g/mol. The van der Waals surface area contributed by atoms with Gasteiger partial charge in [0.05, 0.1) is 0 Å². The zero-order valence-electron chi connectivity index (χ0n) is 10.7. The highest BCUT2D eigenvalue weighted by Crippen LogP contribution is 2.29. The van der Waals surface area contributed by atoms with Crippen molar-refractivity contribution in [2.45, 2.75) is 57.0 Å². The Balaban J connectivity index is 2.96. The minimum Gasteiger partial charge on any atom is -0.462 e. The van der Waals surface area contributed by atoms with Gasteiger partial charge in [0.1, 0.15) is 16.8 Å². The number of hydrogen-bond acceptors (Lipinski definition) is 4. The summed E-state index contributed by atoms with van der Waals surface area (Å²) in [6.45, 7) is 3.85. The summed E-state index contributed by atoms with van der Waals surface area (Å²) in [7, 11) is -4.35. The number of aliphatic hydroxyl groups is 1. The first-order valence-corrected chi connectivity index (χ1v) is 7.62. The zero-order chi connectivity index (χ0) is 13.8. The van der Waals surface area contributed by atoms with Gasteiger partial charge in [0.2, 0.25) is 0 Å². The van der Waals surface area contributed by atoms with Crippen LogP contribution >= 0.6 is 0 Å². The predicted molar refractivity (Wildman–Crippen MR) is 67.0 cm³/mol. The van der Waals surface area contributed by atoms with E-state index in [-0.39, 0.29) is 10.7 Å². The Morgan fingerprint density at radius 3 is 2.50 bits per heavy atom. The molecule has 5 nitrogen and oxygen atoms in total. The number of unbranched alkanes of at least 4 members (excludes halogenated alkanes) is 2. The molecule has 2 N–H and O–H groups in total. The summed E-state index contributed by atoms with van der Waals surface area (Å²) in [5.41, 5.74) is 0. The van der Waals surface area contributed by atoms with Crippen molar-refractivity contribution in [3.05, 3.63) is 17.6 Å². The van der Waals surface area contributed by atoms with Crippen LogP contribution in [0.3, 0.4) is 0 Å². The van der Waals surface area contributed by atoms with Crippen LogP contribution in [0.4, 0.5) is 0 Å². The van der Waals surface area contributed by atoms with Crippen LogP contribution in [0, 0.1) is 0 Å².